The van der Waals surface area contributed by atoms with Crippen LogP contribution in [0.4, 0.5) is 5.69 Å². The summed E-state index contributed by atoms with van der Waals surface area (Å²) in [5.41, 5.74) is 8.42. The van der Waals surface area contributed by atoms with Crippen molar-refractivity contribution in [3.05, 3.63) is 29.8 Å². The zero-order chi connectivity index (χ0) is 17.5. The molecule has 0 spiro atoms. The van der Waals surface area contributed by atoms with Crippen molar-refractivity contribution in [2.24, 2.45) is 11.8 Å². The minimum Gasteiger partial charge on any atom is -0.399 e. The van der Waals surface area contributed by atoms with Gasteiger partial charge in [-0.25, -0.2) is 0 Å². The van der Waals surface area contributed by atoms with Crippen molar-refractivity contribution >= 4 is 5.69 Å². The topological polar surface area (TPSA) is 49.5 Å². The first-order valence-corrected chi connectivity index (χ1v) is 10.4. The number of anilines is 1. The smallest absolute Gasteiger partial charge is 0.0648 e. The maximum Gasteiger partial charge on any atom is 0.0648 e. The van der Waals surface area contributed by atoms with E-state index >= 15 is 0 Å². The Bertz CT molecular complexity index is 596. The minimum atomic E-state index is -0.352. The van der Waals surface area contributed by atoms with E-state index in [1.807, 2.05) is 6.07 Å². The van der Waals surface area contributed by atoms with Crippen LogP contribution < -0.4 is 5.73 Å². The SMILES string of the molecule is CCC1(c2cccc(N)c2)C2CN(CCCC3(O)CCCCC3)CC21. The van der Waals surface area contributed by atoms with Crippen LogP contribution in [0, 0.1) is 11.8 Å². The zero-order valence-corrected chi connectivity index (χ0v) is 15.7. The van der Waals surface area contributed by atoms with Crippen LogP contribution in [0.3, 0.4) is 0 Å². The van der Waals surface area contributed by atoms with Gasteiger partial charge in [0.25, 0.3) is 0 Å². The molecule has 0 radical (unpaired) electrons. The Morgan fingerprint density at radius 3 is 2.52 bits per heavy atom. The number of likely N-dealkylation sites (tertiary alicyclic amines) is 1. The summed E-state index contributed by atoms with van der Waals surface area (Å²) < 4.78 is 0. The van der Waals surface area contributed by atoms with Crippen molar-refractivity contribution in [2.45, 2.75) is 69.3 Å². The van der Waals surface area contributed by atoms with Gasteiger partial charge in [0.1, 0.15) is 0 Å². The molecule has 0 amide bonds. The van der Waals surface area contributed by atoms with Crippen LogP contribution in [-0.4, -0.2) is 35.2 Å². The van der Waals surface area contributed by atoms with Gasteiger partial charge in [0.2, 0.25) is 0 Å². The number of benzene rings is 1. The van der Waals surface area contributed by atoms with E-state index < -0.39 is 0 Å². The van der Waals surface area contributed by atoms with Crippen molar-refractivity contribution in [3.63, 3.8) is 0 Å². The van der Waals surface area contributed by atoms with Gasteiger partial charge in [-0.15, -0.1) is 0 Å². The molecule has 4 rings (SSSR count). The highest BCUT2D eigenvalue weighted by Crippen LogP contribution is 2.65. The van der Waals surface area contributed by atoms with Gasteiger partial charge >= 0.3 is 0 Å². The van der Waals surface area contributed by atoms with E-state index in [1.54, 1.807) is 0 Å². The fourth-order valence-corrected chi connectivity index (χ4v) is 6.07. The lowest BCUT2D eigenvalue weighted by Crippen LogP contribution is -2.34. The Hall–Kier alpha value is -1.06. The van der Waals surface area contributed by atoms with Crippen molar-refractivity contribution in [1.82, 2.24) is 4.90 Å². The first-order valence-electron chi connectivity index (χ1n) is 10.4. The van der Waals surface area contributed by atoms with Gasteiger partial charge in [0.15, 0.2) is 0 Å². The maximum atomic E-state index is 10.7. The zero-order valence-electron chi connectivity index (χ0n) is 15.7. The molecule has 3 fully saturated rings. The molecule has 2 aliphatic carbocycles. The molecule has 1 aromatic carbocycles. The number of rotatable bonds is 6. The molecule has 2 unspecified atom stereocenters. The van der Waals surface area contributed by atoms with Crippen LogP contribution in [0.5, 0.6) is 0 Å². The van der Waals surface area contributed by atoms with E-state index in [0.717, 1.165) is 49.8 Å². The maximum absolute atomic E-state index is 10.7. The van der Waals surface area contributed by atoms with Crippen molar-refractivity contribution in [2.75, 3.05) is 25.4 Å². The third kappa shape index (κ3) is 3.10. The highest BCUT2D eigenvalue weighted by molar-refractivity contribution is 5.48. The molecule has 25 heavy (non-hydrogen) atoms. The van der Waals surface area contributed by atoms with Gasteiger partial charge in [0, 0.05) is 24.2 Å². The van der Waals surface area contributed by atoms with Crippen molar-refractivity contribution in [1.29, 1.82) is 0 Å². The van der Waals surface area contributed by atoms with Gasteiger partial charge in [-0.3, -0.25) is 0 Å². The molecule has 1 saturated heterocycles. The van der Waals surface area contributed by atoms with Gasteiger partial charge in [-0.1, -0.05) is 38.3 Å². The molecular weight excluding hydrogens is 308 g/mol. The quantitative estimate of drug-likeness (QED) is 0.770. The van der Waals surface area contributed by atoms with Crippen LogP contribution in [0.1, 0.15) is 63.9 Å². The van der Waals surface area contributed by atoms with E-state index in [1.165, 1.54) is 44.3 Å². The fraction of sp³-hybridized carbons (Fsp3) is 0.727. The second-order valence-corrected chi connectivity index (χ2v) is 8.88. The van der Waals surface area contributed by atoms with Gasteiger partial charge in [0.05, 0.1) is 5.60 Å². The van der Waals surface area contributed by atoms with E-state index in [-0.39, 0.29) is 5.60 Å². The van der Waals surface area contributed by atoms with Crippen molar-refractivity contribution in [3.8, 4) is 0 Å². The number of fused-ring (bicyclic) bond motifs is 1. The lowest BCUT2D eigenvalue weighted by atomic mass is 9.81. The summed E-state index contributed by atoms with van der Waals surface area (Å²) in [6, 6.07) is 8.58. The molecule has 3 aliphatic rings. The monoisotopic (exact) mass is 342 g/mol. The van der Waals surface area contributed by atoms with Crippen LogP contribution in [0.25, 0.3) is 0 Å². The average molecular weight is 343 g/mol. The molecule has 1 aliphatic heterocycles. The first-order chi connectivity index (χ1) is 12.1. The Morgan fingerprint density at radius 2 is 1.88 bits per heavy atom. The summed E-state index contributed by atoms with van der Waals surface area (Å²) >= 11 is 0. The predicted octanol–water partition coefficient (Wildman–Crippen LogP) is 3.95. The number of nitrogens with two attached hydrogens (primary N) is 1. The largest absolute Gasteiger partial charge is 0.399 e. The Balaban J connectivity index is 1.30. The Labute approximate surface area is 152 Å². The molecule has 2 atom stereocenters. The number of piperidine rings is 1. The van der Waals surface area contributed by atoms with Crippen molar-refractivity contribution < 1.29 is 5.11 Å². The van der Waals surface area contributed by atoms with E-state index in [9.17, 15) is 5.11 Å². The lowest BCUT2D eigenvalue weighted by Gasteiger charge is -2.33. The number of nitrogens with zero attached hydrogens (tertiary/aromatic N) is 1. The van der Waals surface area contributed by atoms with E-state index in [4.69, 9.17) is 5.73 Å². The predicted molar refractivity (Wildman–Crippen MR) is 104 cm³/mol. The summed E-state index contributed by atoms with van der Waals surface area (Å²) in [4.78, 5) is 2.64. The van der Waals surface area contributed by atoms with E-state index in [0.29, 0.717) is 5.41 Å². The van der Waals surface area contributed by atoms with Crippen LogP contribution in [0.2, 0.25) is 0 Å². The highest BCUT2D eigenvalue weighted by Gasteiger charge is 2.67. The summed E-state index contributed by atoms with van der Waals surface area (Å²) in [7, 11) is 0. The van der Waals surface area contributed by atoms with Gasteiger partial charge in [-0.2, -0.15) is 0 Å². The van der Waals surface area contributed by atoms with E-state index in [2.05, 4.69) is 30.0 Å². The standard InChI is InChI=1S/C22H34N2O/c1-2-22(17-8-6-9-18(23)14-17)19-15-24(16-20(19)22)13-7-12-21(25)10-4-3-5-11-21/h6,8-9,14,19-20,25H,2-5,7,10-13,15-16,23H2,1H3. The average Bonchev–Trinajstić information content (AvgIpc) is 2.99. The second-order valence-electron chi connectivity index (χ2n) is 8.88. The molecule has 1 aromatic rings. The third-order valence-electron chi connectivity index (χ3n) is 7.52. The molecule has 3 N–H and O–H groups in total. The molecule has 3 heteroatoms. The first kappa shape index (κ1) is 17.4. The number of nitrogen functional groups attached to an aromatic ring is 1. The molecule has 3 nitrogen and oxygen atoms in total. The fourth-order valence-electron chi connectivity index (χ4n) is 6.07. The summed E-state index contributed by atoms with van der Waals surface area (Å²) in [6.07, 6.45) is 9.13. The molecule has 0 aromatic heterocycles. The van der Waals surface area contributed by atoms with Crippen LogP contribution >= 0.6 is 0 Å². The van der Waals surface area contributed by atoms with Gasteiger partial charge < -0.3 is 15.7 Å². The molecule has 2 saturated carbocycles. The van der Waals surface area contributed by atoms with Gasteiger partial charge in [-0.05, 0) is 68.2 Å². The molecule has 1 heterocycles. The minimum absolute atomic E-state index is 0.352. The normalized spacial score (nSPS) is 34.0. The number of hydrogen-bond donors (Lipinski definition) is 2. The third-order valence-corrected chi connectivity index (χ3v) is 7.52. The summed E-state index contributed by atoms with van der Waals surface area (Å²) in [5, 5.41) is 10.7. The second kappa shape index (κ2) is 6.59. The Kier molecular flexibility index (Phi) is 4.57. The molecule has 138 valence electrons. The number of hydrogen-bond acceptors (Lipinski definition) is 3. The number of aliphatic hydroxyl groups is 1. The van der Waals surface area contributed by atoms with Crippen LogP contribution in [-0.2, 0) is 5.41 Å². The molecular formula is C22H34N2O. The van der Waals surface area contributed by atoms with Crippen LogP contribution in [0.15, 0.2) is 24.3 Å². The summed E-state index contributed by atoms with van der Waals surface area (Å²) in [5.74, 6) is 1.61. The Morgan fingerprint density at radius 1 is 1.16 bits per heavy atom. The summed E-state index contributed by atoms with van der Waals surface area (Å²) in [6.45, 7) is 5.95. The lowest BCUT2D eigenvalue weighted by molar-refractivity contribution is -0.00721. The molecule has 0 bridgehead atoms. The highest BCUT2D eigenvalue weighted by atomic mass is 16.3.